The molecule has 3 nitrogen and oxygen atoms in total. The summed E-state index contributed by atoms with van der Waals surface area (Å²) in [4.78, 5) is 0.118. The second kappa shape index (κ2) is 6.18. The number of aliphatic hydroxyl groups is 2. The third-order valence-electron chi connectivity index (χ3n) is 2.99. The second-order valence-electron chi connectivity index (χ2n) is 4.36. The highest BCUT2D eigenvalue weighted by atomic mass is 79.9. The van der Waals surface area contributed by atoms with E-state index in [-0.39, 0.29) is 17.0 Å². The summed E-state index contributed by atoms with van der Waals surface area (Å²) in [6.07, 6.45) is 1.89. The Labute approximate surface area is 100.0 Å². The molecule has 90 valence electrons. The van der Waals surface area contributed by atoms with Crippen LogP contribution in [0.15, 0.2) is 0 Å². The van der Waals surface area contributed by atoms with Gasteiger partial charge in [-0.25, -0.2) is 0 Å². The molecule has 15 heavy (non-hydrogen) atoms. The molecule has 4 heteroatoms. The van der Waals surface area contributed by atoms with Gasteiger partial charge in [-0.3, -0.25) is 0 Å². The average molecular weight is 281 g/mol. The average Bonchev–Trinajstić information content (AvgIpc) is 2.24. The zero-order valence-corrected chi connectivity index (χ0v) is 11.0. The van der Waals surface area contributed by atoms with Crippen LogP contribution in [-0.4, -0.2) is 39.5 Å². The minimum atomic E-state index is -0.641. The molecule has 0 aromatic rings. The molecule has 0 unspecified atom stereocenters. The molecule has 1 heterocycles. The lowest BCUT2D eigenvalue weighted by atomic mass is 10.0. The van der Waals surface area contributed by atoms with Crippen molar-refractivity contribution in [1.29, 1.82) is 0 Å². The van der Waals surface area contributed by atoms with E-state index in [9.17, 15) is 10.2 Å². The van der Waals surface area contributed by atoms with Gasteiger partial charge in [0.1, 0.15) is 0 Å². The van der Waals surface area contributed by atoms with E-state index in [2.05, 4.69) is 22.9 Å². The molecule has 0 aliphatic carbocycles. The van der Waals surface area contributed by atoms with E-state index in [0.717, 1.165) is 12.8 Å². The van der Waals surface area contributed by atoms with Crippen molar-refractivity contribution in [1.82, 2.24) is 0 Å². The van der Waals surface area contributed by atoms with Crippen LogP contribution in [0.4, 0.5) is 0 Å². The van der Waals surface area contributed by atoms with Gasteiger partial charge in [-0.15, -0.1) is 0 Å². The minimum Gasteiger partial charge on any atom is -0.390 e. The van der Waals surface area contributed by atoms with Crippen LogP contribution in [0.25, 0.3) is 0 Å². The molecular weight excluding hydrogens is 260 g/mol. The number of rotatable bonds is 1. The van der Waals surface area contributed by atoms with Gasteiger partial charge >= 0.3 is 0 Å². The highest BCUT2D eigenvalue weighted by Crippen LogP contribution is 2.25. The number of ether oxygens (including phenoxy) is 1. The number of aliphatic hydroxyl groups excluding tert-OH is 2. The Bertz CT molecular complexity index is 189. The standard InChI is InChI=1S/C11H21BrO3/c1-3-11-8(12)6-10(14)9(13)5-4-7(2)15-11/h7-11,13-14H,3-6H2,1-2H3/t7-,8-,9-,10+,11+/m0/s1. The summed E-state index contributed by atoms with van der Waals surface area (Å²) in [5, 5.41) is 19.4. The zero-order valence-electron chi connectivity index (χ0n) is 9.40. The molecular formula is C11H21BrO3. The maximum absolute atomic E-state index is 9.74. The van der Waals surface area contributed by atoms with Gasteiger partial charge in [0.25, 0.3) is 0 Å². The first-order valence-electron chi connectivity index (χ1n) is 5.70. The number of hydrogen-bond donors (Lipinski definition) is 2. The van der Waals surface area contributed by atoms with Crippen LogP contribution in [0, 0.1) is 0 Å². The van der Waals surface area contributed by atoms with Crippen molar-refractivity contribution in [2.75, 3.05) is 0 Å². The summed E-state index contributed by atoms with van der Waals surface area (Å²) >= 11 is 3.53. The van der Waals surface area contributed by atoms with Gasteiger partial charge < -0.3 is 14.9 Å². The smallest absolute Gasteiger partial charge is 0.0810 e. The van der Waals surface area contributed by atoms with Crippen LogP contribution in [0.2, 0.25) is 0 Å². The summed E-state index contributed by atoms with van der Waals surface area (Å²) in [6.45, 7) is 4.10. The molecule has 2 N–H and O–H groups in total. The number of alkyl halides is 1. The van der Waals surface area contributed by atoms with E-state index >= 15 is 0 Å². The van der Waals surface area contributed by atoms with Gasteiger partial charge in [-0.05, 0) is 32.6 Å². The Kier molecular flexibility index (Phi) is 5.53. The maximum atomic E-state index is 9.74. The fourth-order valence-electron chi connectivity index (χ4n) is 1.94. The Morgan fingerprint density at radius 3 is 2.53 bits per heavy atom. The molecule has 1 fully saturated rings. The van der Waals surface area contributed by atoms with E-state index < -0.39 is 12.2 Å². The van der Waals surface area contributed by atoms with E-state index in [4.69, 9.17) is 4.74 Å². The minimum absolute atomic E-state index is 0.118. The molecule has 0 saturated carbocycles. The van der Waals surface area contributed by atoms with Crippen molar-refractivity contribution >= 4 is 15.9 Å². The lowest BCUT2D eigenvalue weighted by Gasteiger charge is -2.25. The summed E-state index contributed by atoms with van der Waals surface area (Å²) < 4.78 is 5.86. The van der Waals surface area contributed by atoms with E-state index in [1.807, 2.05) is 6.92 Å². The van der Waals surface area contributed by atoms with Gasteiger partial charge in [0.15, 0.2) is 0 Å². The fourth-order valence-corrected chi connectivity index (χ4v) is 2.82. The van der Waals surface area contributed by atoms with E-state index in [0.29, 0.717) is 12.8 Å². The lowest BCUT2D eigenvalue weighted by Crippen LogP contribution is -2.32. The monoisotopic (exact) mass is 280 g/mol. The molecule has 0 bridgehead atoms. The van der Waals surface area contributed by atoms with Crippen molar-refractivity contribution in [3.63, 3.8) is 0 Å². The van der Waals surface area contributed by atoms with Gasteiger partial charge in [-0.1, -0.05) is 22.9 Å². The molecule has 1 saturated heterocycles. The zero-order chi connectivity index (χ0) is 11.4. The molecule has 0 radical (unpaired) electrons. The van der Waals surface area contributed by atoms with Crippen LogP contribution in [0.1, 0.15) is 39.5 Å². The first-order chi connectivity index (χ1) is 7.04. The first kappa shape index (κ1) is 13.4. The van der Waals surface area contributed by atoms with E-state index in [1.165, 1.54) is 0 Å². The molecule has 1 aliphatic heterocycles. The number of hydrogen-bond acceptors (Lipinski definition) is 3. The third-order valence-corrected chi connectivity index (χ3v) is 3.96. The van der Waals surface area contributed by atoms with Gasteiger partial charge in [-0.2, -0.15) is 0 Å². The molecule has 0 aromatic heterocycles. The normalized spacial score (nSPS) is 44.2. The Balaban J connectivity index is 2.65. The largest absolute Gasteiger partial charge is 0.390 e. The van der Waals surface area contributed by atoms with Gasteiger partial charge in [0.05, 0.1) is 24.4 Å². The maximum Gasteiger partial charge on any atom is 0.0810 e. The van der Waals surface area contributed by atoms with Crippen LogP contribution in [0.5, 0.6) is 0 Å². The topological polar surface area (TPSA) is 49.7 Å². The van der Waals surface area contributed by atoms with Crippen molar-refractivity contribution < 1.29 is 14.9 Å². The molecule has 0 aromatic carbocycles. The quantitative estimate of drug-likeness (QED) is 0.721. The van der Waals surface area contributed by atoms with Crippen LogP contribution in [0.3, 0.4) is 0 Å². The van der Waals surface area contributed by atoms with Crippen LogP contribution in [-0.2, 0) is 4.74 Å². The molecule has 1 rings (SSSR count). The van der Waals surface area contributed by atoms with Gasteiger partial charge in [0.2, 0.25) is 0 Å². The Morgan fingerprint density at radius 2 is 1.93 bits per heavy atom. The number of halogens is 1. The predicted octanol–water partition coefficient (Wildman–Crippen LogP) is 1.84. The van der Waals surface area contributed by atoms with Crippen molar-refractivity contribution in [2.24, 2.45) is 0 Å². The Hall–Kier alpha value is 0.360. The fraction of sp³-hybridized carbons (Fsp3) is 1.00. The lowest BCUT2D eigenvalue weighted by molar-refractivity contribution is -0.00840. The summed E-state index contributed by atoms with van der Waals surface area (Å²) in [5.74, 6) is 0. The van der Waals surface area contributed by atoms with Crippen molar-refractivity contribution in [2.45, 2.75) is 68.8 Å². The molecule has 1 aliphatic rings. The Morgan fingerprint density at radius 1 is 1.27 bits per heavy atom. The van der Waals surface area contributed by atoms with Gasteiger partial charge in [0, 0.05) is 4.83 Å². The predicted molar refractivity (Wildman–Crippen MR) is 63.2 cm³/mol. The van der Waals surface area contributed by atoms with E-state index in [1.54, 1.807) is 0 Å². The third kappa shape index (κ3) is 4.02. The molecule has 0 amide bonds. The highest BCUT2D eigenvalue weighted by molar-refractivity contribution is 9.09. The summed E-state index contributed by atoms with van der Waals surface area (Å²) in [7, 11) is 0. The summed E-state index contributed by atoms with van der Waals surface area (Å²) in [5.41, 5.74) is 0. The SMILES string of the molecule is CC[C@H]1O[C@@H](C)CC[C@H](O)[C@H](O)C[C@@H]1Br. The summed E-state index contributed by atoms with van der Waals surface area (Å²) in [6, 6.07) is 0. The highest BCUT2D eigenvalue weighted by Gasteiger charge is 2.28. The first-order valence-corrected chi connectivity index (χ1v) is 6.61. The second-order valence-corrected chi connectivity index (χ2v) is 5.53. The van der Waals surface area contributed by atoms with Crippen molar-refractivity contribution in [3.8, 4) is 0 Å². The van der Waals surface area contributed by atoms with Crippen LogP contribution >= 0.6 is 15.9 Å². The molecule has 5 atom stereocenters. The molecule has 0 spiro atoms. The van der Waals surface area contributed by atoms with Crippen LogP contribution < -0.4 is 0 Å². The van der Waals surface area contributed by atoms with Crippen molar-refractivity contribution in [3.05, 3.63) is 0 Å².